The van der Waals surface area contributed by atoms with Crippen molar-refractivity contribution in [3.05, 3.63) is 89.9 Å². The molecule has 3 rings (SSSR count). The molecule has 0 aliphatic rings. The van der Waals surface area contributed by atoms with Crippen LogP contribution < -0.4 is 15.4 Å². The number of anilines is 1. The van der Waals surface area contributed by atoms with Gasteiger partial charge < -0.3 is 19.8 Å². The standard InChI is InChI=1S/C22H20N2O4/c1-27-20-11-5-2-7-16(20)12-13-21(25)24-19-10-4-3-9-18(19)22(26)23-15-17-8-6-14-28-17/h2-14H,15H2,1H3,(H,23,26)(H,24,25)/b13-12+. The number of carbonyl (C=O) groups excluding carboxylic acids is 2. The summed E-state index contributed by atoms with van der Waals surface area (Å²) in [5.41, 5.74) is 1.58. The zero-order chi connectivity index (χ0) is 19.8. The van der Waals surface area contributed by atoms with Crippen molar-refractivity contribution in [3.63, 3.8) is 0 Å². The molecule has 0 unspecified atom stereocenters. The molecule has 0 aliphatic carbocycles. The van der Waals surface area contributed by atoms with Crippen LogP contribution in [0.25, 0.3) is 6.08 Å². The molecule has 0 bridgehead atoms. The molecule has 1 heterocycles. The van der Waals surface area contributed by atoms with E-state index in [1.54, 1.807) is 55.8 Å². The van der Waals surface area contributed by atoms with Crippen LogP contribution in [0.1, 0.15) is 21.7 Å². The van der Waals surface area contributed by atoms with E-state index in [0.29, 0.717) is 22.8 Å². The van der Waals surface area contributed by atoms with Gasteiger partial charge in [0.15, 0.2) is 0 Å². The second-order valence-electron chi connectivity index (χ2n) is 5.87. The van der Waals surface area contributed by atoms with Gasteiger partial charge in [0.25, 0.3) is 5.91 Å². The number of hydrogen-bond donors (Lipinski definition) is 2. The summed E-state index contributed by atoms with van der Waals surface area (Å²) in [6.45, 7) is 0.266. The number of methoxy groups -OCH3 is 1. The molecule has 3 aromatic rings. The van der Waals surface area contributed by atoms with E-state index in [1.807, 2.05) is 24.3 Å². The van der Waals surface area contributed by atoms with E-state index in [2.05, 4.69) is 10.6 Å². The van der Waals surface area contributed by atoms with Crippen molar-refractivity contribution in [1.82, 2.24) is 5.32 Å². The van der Waals surface area contributed by atoms with Gasteiger partial charge in [-0.05, 0) is 36.4 Å². The molecule has 1 aromatic heterocycles. The van der Waals surface area contributed by atoms with Crippen LogP contribution in [0.15, 0.2) is 77.4 Å². The highest BCUT2D eigenvalue weighted by Gasteiger charge is 2.12. The van der Waals surface area contributed by atoms with Gasteiger partial charge in [-0.2, -0.15) is 0 Å². The average molecular weight is 376 g/mol. The molecular formula is C22H20N2O4. The first kappa shape index (κ1) is 19.0. The number of furan rings is 1. The minimum Gasteiger partial charge on any atom is -0.496 e. The lowest BCUT2D eigenvalue weighted by Crippen LogP contribution is -2.24. The highest BCUT2D eigenvalue weighted by Crippen LogP contribution is 2.19. The third-order valence-electron chi connectivity index (χ3n) is 3.99. The van der Waals surface area contributed by atoms with Gasteiger partial charge in [0, 0.05) is 11.6 Å². The Kier molecular flexibility index (Phi) is 6.25. The third-order valence-corrected chi connectivity index (χ3v) is 3.99. The lowest BCUT2D eigenvalue weighted by Gasteiger charge is -2.10. The zero-order valence-corrected chi connectivity index (χ0v) is 15.3. The number of hydrogen-bond acceptors (Lipinski definition) is 4. The van der Waals surface area contributed by atoms with Crippen LogP contribution in [0.3, 0.4) is 0 Å². The second-order valence-corrected chi connectivity index (χ2v) is 5.87. The fourth-order valence-electron chi connectivity index (χ4n) is 2.61. The number of amides is 2. The van der Waals surface area contributed by atoms with Crippen molar-refractivity contribution in [2.24, 2.45) is 0 Å². The molecule has 6 heteroatoms. The molecule has 6 nitrogen and oxygen atoms in total. The Morgan fingerprint density at radius 3 is 2.61 bits per heavy atom. The lowest BCUT2D eigenvalue weighted by atomic mass is 10.1. The van der Waals surface area contributed by atoms with Crippen molar-refractivity contribution in [2.45, 2.75) is 6.54 Å². The number of benzene rings is 2. The molecule has 0 atom stereocenters. The maximum Gasteiger partial charge on any atom is 0.253 e. The van der Waals surface area contributed by atoms with Crippen LogP contribution in [-0.2, 0) is 11.3 Å². The summed E-state index contributed by atoms with van der Waals surface area (Å²) in [6.07, 6.45) is 4.60. The summed E-state index contributed by atoms with van der Waals surface area (Å²) in [7, 11) is 1.57. The summed E-state index contributed by atoms with van der Waals surface area (Å²) >= 11 is 0. The van der Waals surface area contributed by atoms with Gasteiger partial charge >= 0.3 is 0 Å². The summed E-state index contributed by atoms with van der Waals surface area (Å²) in [6, 6.07) is 17.7. The minimum absolute atomic E-state index is 0.266. The zero-order valence-electron chi connectivity index (χ0n) is 15.3. The minimum atomic E-state index is -0.350. The van der Waals surface area contributed by atoms with E-state index in [0.717, 1.165) is 5.56 Å². The average Bonchev–Trinajstić information content (AvgIpc) is 3.25. The van der Waals surface area contributed by atoms with E-state index in [4.69, 9.17) is 9.15 Å². The van der Waals surface area contributed by atoms with E-state index in [9.17, 15) is 9.59 Å². The van der Waals surface area contributed by atoms with E-state index in [1.165, 1.54) is 6.08 Å². The molecular weight excluding hydrogens is 356 g/mol. The van der Waals surface area contributed by atoms with Crippen LogP contribution in [0, 0.1) is 0 Å². The fraction of sp³-hybridized carbons (Fsp3) is 0.0909. The van der Waals surface area contributed by atoms with E-state index < -0.39 is 0 Å². The number of rotatable bonds is 7. The molecule has 2 N–H and O–H groups in total. The Balaban J connectivity index is 1.67. The van der Waals surface area contributed by atoms with Gasteiger partial charge in [-0.3, -0.25) is 9.59 Å². The largest absolute Gasteiger partial charge is 0.496 e. The molecule has 0 saturated carbocycles. The Bertz CT molecular complexity index is 978. The molecule has 28 heavy (non-hydrogen) atoms. The normalized spacial score (nSPS) is 10.6. The van der Waals surface area contributed by atoms with Gasteiger partial charge in [-0.15, -0.1) is 0 Å². The molecule has 0 fully saturated rings. The highest BCUT2D eigenvalue weighted by molar-refractivity contribution is 6.07. The van der Waals surface area contributed by atoms with Gasteiger partial charge in [-0.25, -0.2) is 0 Å². The van der Waals surface area contributed by atoms with Crippen molar-refractivity contribution >= 4 is 23.6 Å². The molecule has 2 amide bonds. The number of ether oxygens (including phenoxy) is 1. The van der Waals surface area contributed by atoms with Gasteiger partial charge in [0.2, 0.25) is 5.91 Å². The quantitative estimate of drug-likeness (QED) is 0.614. The maximum atomic E-state index is 12.5. The molecule has 0 spiro atoms. The molecule has 0 radical (unpaired) electrons. The van der Waals surface area contributed by atoms with Gasteiger partial charge in [0.05, 0.1) is 31.2 Å². The Labute approximate surface area is 162 Å². The van der Waals surface area contributed by atoms with Gasteiger partial charge in [-0.1, -0.05) is 30.3 Å². The first-order chi connectivity index (χ1) is 13.7. The van der Waals surface area contributed by atoms with Crippen LogP contribution in [-0.4, -0.2) is 18.9 Å². The van der Waals surface area contributed by atoms with Crippen LogP contribution in [0.4, 0.5) is 5.69 Å². The molecule has 2 aromatic carbocycles. The first-order valence-electron chi connectivity index (χ1n) is 8.69. The Morgan fingerprint density at radius 2 is 1.82 bits per heavy atom. The number of nitrogens with one attached hydrogen (secondary N) is 2. The molecule has 0 aliphatic heterocycles. The van der Waals surface area contributed by atoms with Crippen LogP contribution in [0.2, 0.25) is 0 Å². The summed E-state index contributed by atoms with van der Waals surface area (Å²) in [5.74, 6) is 0.664. The summed E-state index contributed by atoms with van der Waals surface area (Å²) in [5, 5.41) is 5.51. The molecule has 142 valence electrons. The first-order valence-corrected chi connectivity index (χ1v) is 8.69. The Hall–Kier alpha value is -3.80. The SMILES string of the molecule is COc1ccccc1/C=C/C(=O)Nc1ccccc1C(=O)NCc1ccco1. The smallest absolute Gasteiger partial charge is 0.253 e. The fourth-order valence-corrected chi connectivity index (χ4v) is 2.61. The number of carbonyl (C=O) groups is 2. The maximum absolute atomic E-state index is 12.5. The van der Waals surface area contributed by atoms with Gasteiger partial charge in [0.1, 0.15) is 11.5 Å². The topological polar surface area (TPSA) is 80.6 Å². The Morgan fingerprint density at radius 1 is 1.04 bits per heavy atom. The number of para-hydroxylation sites is 2. The second kappa shape index (κ2) is 9.23. The molecule has 0 saturated heterocycles. The lowest BCUT2D eigenvalue weighted by molar-refractivity contribution is -0.111. The summed E-state index contributed by atoms with van der Waals surface area (Å²) in [4.78, 5) is 24.8. The monoisotopic (exact) mass is 376 g/mol. The predicted octanol–water partition coefficient (Wildman–Crippen LogP) is 3.87. The highest BCUT2D eigenvalue weighted by atomic mass is 16.5. The summed E-state index contributed by atoms with van der Waals surface area (Å²) < 4.78 is 10.5. The van der Waals surface area contributed by atoms with Crippen molar-refractivity contribution in [2.75, 3.05) is 12.4 Å². The van der Waals surface area contributed by atoms with Crippen molar-refractivity contribution < 1.29 is 18.7 Å². The van der Waals surface area contributed by atoms with E-state index >= 15 is 0 Å². The van der Waals surface area contributed by atoms with Crippen molar-refractivity contribution in [1.29, 1.82) is 0 Å². The van der Waals surface area contributed by atoms with E-state index in [-0.39, 0.29) is 18.4 Å². The van der Waals surface area contributed by atoms with Crippen LogP contribution >= 0.6 is 0 Å². The third kappa shape index (κ3) is 4.88. The predicted molar refractivity (Wildman–Crippen MR) is 107 cm³/mol. The van der Waals surface area contributed by atoms with Crippen molar-refractivity contribution in [3.8, 4) is 5.75 Å². The van der Waals surface area contributed by atoms with Crippen LogP contribution in [0.5, 0.6) is 5.75 Å².